The number of nitrogens with two attached hydrogens (primary N) is 1. The van der Waals surface area contributed by atoms with Crippen LogP contribution < -0.4 is 10.5 Å². The van der Waals surface area contributed by atoms with E-state index in [0.29, 0.717) is 12.5 Å². The van der Waals surface area contributed by atoms with Crippen molar-refractivity contribution in [1.29, 1.82) is 0 Å². The van der Waals surface area contributed by atoms with Crippen molar-refractivity contribution < 1.29 is 4.74 Å². The summed E-state index contributed by atoms with van der Waals surface area (Å²) < 4.78 is 5.85. The molecule has 1 heterocycles. The third-order valence-electron chi connectivity index (χ3n) is 3.69. The Hall–Kier alpha value is -1.39. The number of ether oxygens (including phenoxy) is 1. The summed E-state index contributed by atoms with van der Waals surface area (Å²) in [4.78, 5) is 4.58. The van der Waals surface area contributed by atoms with Gasteiger partial charge in [-0.1, -0.05) is 19.9 Å². The van der Waals surface area contributed by atoms with Gasteiger partial charge in [0, 0.05) is 17.3 Å². The van der Waals surface area contributed by atoms with Crippen LogP contribution in [0.2, 0.25) is 0 Å². The molecule has 1 aromatic carbocycles. The third kappa shape index (κ3) is 2.72. The molecule has 0 radical (unpaired) electrons. The number of fused-ring (bicyclic) bond motifs is 1. The molecule has 1 aliphatic carbocycles. The van der Waals surface area contributed by atoms with Gasteiger partial charge in [0.1, 0.15) is 12.4 Å². The topological polar surface area (TPSA) is 48.1 Å². The molecule has 0 aliphatic heterocycles. The summed E-state index contributed by atoms with van der Waals surface area (Å²) >= 11 is 1.71. The van der Waals surface area contributed by atoms with E-state index in [9.17, 15) is 0 Å². The van der Waals surface area contributed by atoms with Crippen LogP contribution in [-0.2, 0) is 13.0 Å². The average Bonchev–Trinajstić information content (AvgIpc) is 3.04. The van der Waals surface area contributed by atoms with Gasteiger partial charge in [0.15, 0.2) is 0 Å². The minimum atomic E-state index is 0.200. The Kier molecular flexibility index (Phi) is 3.76. The maximum atomic E-state index is 6.04. The van der Waals surface area contributed by atoms with Gasteiger partial charge in [0.25, 0.3) is 0 Å². The van der Waals surface area contributed by atoms with E-state index in [1.807, 2.05) is 6.07 Å². The lowest BCUT2D eigenvalue weighted by Crippen LogP contribution is -2.05. The van der Waals surface area contributed by atoms with Gasteiger partial charge in [-0.3, -0.25) is 0 Å². The Labute approximate surface area is 123 Å². The van der Waals surface area contributed by atoms with Crippen LogP contribution in [0.1, 0.15) is 54.1 Å². The molecule has 0 saturated carbocycles. The number of aryl methyl sites for hydroxylation is 1. The molecule has 0 fully saturated rings. The predicted octanol–water partition coefficient (Wildman–Crippen LogP) is 3.79. The smallest absolute Gasteiger partial charge is 0.131 e. The minimum absolute atomic E-state index is 0.200. The van der Waals surface area contributed by atoms with Crippen LogP contribution in [0.25, 0.3) is 0 Å². The molecular formula is C16H20N2OS. The summed E-state index contributed by atoms with van der Waals surface area (Å²) in [5.41, 5.74) is 9.65. The normalized spacial score (nSPS) is 17.5. The van der Waals surface area contributed by atoms with E-state index in [-0.39, 0.29) is 6.04 Å². The zero-order chi connectivity index (χ0) is 14.1. The van der Waals surface area contributed by atoms with Gasteiger partial charge in [0.2, 0.25) is 0 Å². The second-order valence-corrected chi connectivity index (χ2v) is 6.52. The highest BCUT2D eigenvalue weighted by atomic mass is 32.1. The lowest BCUT2D eigenvalue weighted by Gasteiger charge is -2.08. The van der Waals surface area contributed by atoms with E-state index >= 15 is 0 Å². The van der Waals surface area contributed by atoms with Crippen molar-refractivity contribution in [2.45, 2.75) is 45.3 Å². The summed E-state index contributed by atoms with van der Waals surface area (Å²) in [5, 5.41) is 3.25. The monoisotopic (exact) mass is 288 g/mol. The van der Waals surface area contributed by atoms with Crippen molar-refractivity contribution in [3.05, 3.63) is 45.4 Å². The number of aromatic nitrogens is 1. The molecule has 4 heteroatoms. The van der Waals surface area contributed by atoms with Crippen LogP contribution in [0.15, 0.2) is 23.6 Å². The standard InChI is InChI=1S/C16H20N2OS/c1-10(2)16-18-12(9-20-16)8-19-13-4-5-14-11(7-13)3-6-15(14)17/h4-5,7,9-10,15H,3,6,8,17H2,1-2H3/t15-/m1/s1. The maximum absolute atomic E-state index is 6.04. The van der Waals surface area contributed by atoms with Crippen LogP contribution in [0.3, 0.4) is 0 Å². The lowest BCUT2D eigenvalue weighted by molar-refractivity contribution is 0.301. The molecule has 0 amide bonds. The van der Waals surface area contributed by atoms with Gasteiger partial charge in [-0.25, -0.2) is 4.98 Å². The van der Waals surface area contributed by atoms with Crippen LogP contribution in [-0.4, -0.2) is 4.98 Å². The fourth-order valence-corrected chi connectivity index (χ4v) is 3.35. The van der Waals surface area contributed by atoms with Crippen molar-refractivity contribution >= 4 is 11.3 Å². The molecule has 3 nitrogen and oxygen atoms in total. The van der Waals surface area contributed by atoms with Gasteiger partial charge >= 0.3 is 0 Å². The number of benzene rings is 1. The summed E-state index contributed by atoms with van der Waals surface area (Å²) in [7, 11) is 0. The SMILES string of the molecule is CC(C)c1nc(COc2ccc3c(c2)CC[C@H]3N)cs1. The van der Waals surface area contributed by atoms with Crippen LogP contribution in [0, 0.1) is 0 Å². The predicted molar refractivity (Wildman–Crippen MR) is 82.2 cm³/mol. The van der Waals surface area contributed by atoms with Crippen molar-refractivity contribution in [3.63, 3.8) is 0 Å². The Bertz CT molecular complexity index is 606. The van der Waals surface area contributed by atoms with Gasteiger partial charge < -0.3 is 10.5 Å². The highest BCUT2D eigenvalue weighted by Gasteiger charge is 2.19. The number of rotatable bonds is 4. The summed E-state index contributed by atoms with van der Waals surface area (Å²) in [5.74, 6) is 1.40. The molecule has 20 heavy (non-hydrogen) atoms. The van der Waals surface area contributed by atoms with Crippen molar-refractivity contribution in [2.75, 3.05) is 0 Å². The Balaban J connectivity index is 1.66. The first-order valence-corrected chi connectivity index (χ1v) is 7.97. The molecule has 1 aliphatic rings. The highest BCUT2D eigenvalue weighted by Crippen LogP contribution is 2.32. The number of nitrogens with zero attached hydrogens (tertiary/aromatic N) is 1. The van der Waals surface area contributed by atoms with E-state index in [4.69, 9.17) is 10.5 Å². The molecule has 106 valence electrons. The molecule has 1 atom stereocenters. The van der Waals surface area contributed by atoms with Crippen LogP contribution in [0.4, 0.5) is 0 Å². The number of thiazole rings is 1. The molecule has 3 rings (SSSR count). The summed E-state index contributed by atoms with van der Waals surface area (Å²) in [6.07, 6.45) is 2.10. The Morgan fingerprint density at radius 1 is 1.45 bits per heavy atom. The largest absolute Gasteiger partial charge is 0.487 e. The number of hydrogen-bond acceptors (Lipinski definition) is 4. The lowest BCUT2D eigenvalue weighted by atomic mass is 10.1. The van der Waals surface area contributed by atoms with Crippen LogP contribution in [0.5, 0.6) is 5.75 Å². The van der Waals surface area contributed by atoms with E-state index in [2.05, 4.69) is 36.3 Å². The van der Waals surface area contributed by atoms with Crippen molar-refractivity contribution in [3.8, 4) is 5.75 Å². The zero-order valence-electron chi connectivity index (χ0n) is 11.9. The average molecular weight is 288 g/mol. The maximum Gasteiger partial charge on any atom is 0.131 e. The molecule has 0 spiro atoms. The second kappa shape index (κ2) is 5.54. The molecule has 0 bridgehead atoms. The quantitative estimate of drug-likeness (QED) is 0.931. The first-order chi connectivity index (χ1) is 9.63. The highest BCUT2D eigenvalue weighted by molar-refractivity contribution is 7.09. The van der Waals surface area contributed by atoms with Gasteiger partial charge in [-0.2, -0.15) is 0 Å². The van der Waals surface area contributed by atoms with Gasteiger partial charge in [-0.15, -0.1) is 11.3 Å². The molecular weight excluding hydrogens is 268 g/mol. The summed E-state index contributed by atoms with van der Waals surface area (Å²) in [6, 6.07) is 6.44. The van der Waals surface area contributed by atoms with Gasteiger partial charge in [-0.05, 0) is 36.1 Å². The minimum Gasteiger partial charge on any atom is -0.487 e. The second-order valence-electron chi connectivity index (χ2n) is 5.63. The van der Waals surface area contributed by atoms with Gasteiger partial charge in [0.05, 0.1) is 10.7 Å². The first kappa shape index (κ1) is 13.6. The number of hydrogen-bond donors (Lipinski definition) is 1. The fraction of sp³-hybridized carbons (Fsp3) is 0.438. The third-order valence-corrected chi connectivity index (χ3v) is 4.88. The molecule has 2 aromatic rings. The Morgan fingerprint density at radius 3 is 3.05 bits per heavy atom. The molecule has 1 aromatic heterocycles. The van der Waals surface area contributed by atoms with Crippen LogP contribution >= 0.6 is 11.3 Å². The fourth-order valence-electron chi connectivity index (χ4n) is 2.53. The zero-order valence-corrected chi connectivity index (χ0v) is 12.7. The molecule has 2 N–H and O–H groups in total. The van der Waals surface area contributed by atoms with E-state index in [1.54, 1.807) is 11.3 Å². The summed E-state index contributed by atoms with van der Waals surface area (Å²) in [6.45, 7) is 4.86. The van der Waals surface area contributed by atoms with E-state index in [1.165, 1.54) is 16.1 Å². The van der Waals surface area contributed by atoms with E-state index in [0.717, 1.165) is 24.3 Å². The molecule has 0 unspecified atom stereocenters. The first-order valence-electron chi connectivity index (χ1n) is 7.09. The molecule has 0 saturated heterocycles. The Morgan fingerprint density at radius 2 is 2.30 bits per heavy atom. The van der Waals surface area contributed by atoms with Crippen molar-refractivity contribution in [1.82, 2.24) is 4.98 Å². The van der Waals surface area contributed by atoms with E-state index < -0.39 is 0 Å². The van der Waals surface area contributed by atoms with Crippen molar-refractivity contribution in [2.24, 2.45) is 5.73 Å².